The van der Waals surface area contributed by atoms with E-state index >= 15 is 0 Å². The van der Waals surface area contributed by atoms with Crippen LogP contribution in [-0.2, 0) is 9.59 Å². The lowest BCUT2D eigenvalue weighted by atomic mass is 9.93. The number of hydrogen-bond donors (Lipinski definition) is 0. The minimum Gasteiger partial charge on any atom is -0.342 e. The van der Waals surface area contributed by atoms with Gasteiger partial charge in [-0.15, -0.1) is 11.8 Å². The number of piperidine rings is 1. The second-order valence-electron chi connectivity index (χ2n) is 7.64. The van der Waals surface area contributed by atoms with Crippen LogP contribution in [0.4, 0.5) is 0 Å². The van der Waals surface area contributed by atoms with Crippen LogP contribution < -0.4 is 0 Å². The second kappa shape index (κ2) is 8.03. The van der Waals surface area contributed by atoms with Gasteiger partial charge in [0.15, 0.2) is 0 Å². The molecule has 3 rings (SSSR count). The van der Waals surface area contributed by atoms with Gasteiger partial charge in [-0.25, -0.2) is 0 Å². The molecule has 1 atom stereocenters. The maximum absolute atomic E-state index is 13.1. The molecule has 142 valence electrons. The Morgan fingerprint density at radius 3 is 2.31 bits per heavy atom. The average Bonchev–Trinajstić information content (AvgIpc) is 3.06. The van der Waals surface area contributed by atoms with Crippen LogP contribution in [0.15, 0.2) is 30.3 Å². The SMILES string of the molecule is CC[C@H](C(=O)N1CCC2(CC1)SCCN2C(=O)C(C)C)c1ccccc1. The summed E-state index contributed by atoms with van der Waals surface area (Å²) in [5, 5.41) is 0. The van der Waals surface area contributed by atoms with E-state index < -0.39 is 0 Å². The Labute approximate surface area is 161 Å². The Kier molecular flexibility index (Phi) is 5.96. The number of benzene rings is 1. The lowest BCUT2D eigenvalue weighted by molar-refractivity contribution is -0.140. The number of thioether (sulfide) groups is 1. The summed E-state index contributed by atoms with van der Waals surface area (Å²) in [5.41, 5.74) is 1.10. The van der Waals surface area contributed by atoms with Gasteiger partial charge >= 0.3 is 0 Å². The van der Waals surface area contributed by atoms with E-state index in [2.05, 4.69) is 11.8 Å². The molecule has 0 aliphatic carbocycles. The summed E-state index contributed by atoms with van der Waals surface area (Å²) in [4.78, 5) is 29.7. The standard InChI is InChI=1S/C21H30N2O2S/c1-4-18(17-8-6-5-7-9-17)20(25)22-12-10-21(11-13-22)23(14-15-26-21)19(24)16(2)3/h5-9,16,18H,4,10-15H2,1-3H3/t18-/m0/s1. The van der Waals surface area contributed by atoms with Crippen molar-refractivity contribution < 1.29 is 9.59 Å². The Balaban J connectivity index is 1.68. The number of nitrogens with zero attached hydrogens (tertiary/aromatic N) is 2. The zero-order valence-corrected chi connectivity index (χ0v) is 16.9. The molecule has 0 unspecified atom stereocenters. The Bertz CT molecular complexity index is 639. The van der Waals surface area contributed by atoms with Crippen molar-refractivity contribution >= 4 is 23.6 Å². The molecule has 2 saturated heterocycles. The minimum absolute atomic E-state index is 0.0350. The lowest BCUT2D eigenvalue weighted by Crippen LogP contribution is -2.54. The van der Waals surface area contributed by atoms with Gasteiger partial charge in [-0.1, -0.05) is 51.1 Å². The first kappa shape index (κ1) is 19.3. The van der Waals surface area contributed by atoms with Gasteiger partial charge in [0.2, 0.25) is 11.8 Å². The molecule has 2 heterocycles. The van der Waals surface area contributed by atoms with Crippen LogP contribution in [-0.4, -0.2) is 51.9 Å². The van der Waals surface area contributed by atoms with Crippen LogP contribution in [0.3, 0.4) is 0 Å². The first-order chi connectivity index (χ1) is 12.5. The third-order valence-electron chi connectivity index (χ3n) is 5.70. The predicted octanol–water partition coefficient (Wildman–Crippen LogP) is 3.73. The number of hydrogen-bond acceptors (Lipinski definition) is 3. The van der Waals surface area contributed by atoms with Crippen molar-refractivity contribution in [2.24, 2.45) is 5.92 Å². The zero-order valence-electron chi connectivity index (χ0n) is 16.1. The molecule has 2 aliphatic rings. The van der Waals surface area contributed by atoms with Gasteiger partial charge in [0.1, 0.15) is 0 Å². The fourth-order valence-corrected chi connectivity index (χ4v) is 5.64. The van der Waals surface area contributed by atoms with Crippen LogP contribution in [0, 0.1) is 5.92 Å². The summed E-state index contributed by atoms with van der Waals surface area (Å²) in [6, 6.07) is 10.1. The molecular weight excluding hydrogens is 344 g/mol. The first-order valence-corrected chi connectivity index (χ1v) is 10.8. The Morgan fingerprint density at radius 2 is 1.73 bits per heavy atom. The zero-order chi connectivity index (χ0) is 18.7. The van der Waals surface area contributed by atoms with Gasteiger partial charge in [-0.3, -0.25) is 9.59 Å². The largest absolute Gasteiger partial charge is 0.342 e. The molecule has 0 saturated carbocycles. The molecule has 2 aliphatic heterocycles. The van der Waals surface area contributed by atoms with Crippen molar-refractivity contribution in [2.75, 3.05) is 25.4 Å². The number of carbonyl (C=O) groups is 2. The first-order valence-electron chi connectivity index (χ1n) is 9.77. The van der Waals surface area contributed by atoms with E-state index in [4.69, 9.17) is 0 Å². The van der Waals surface area contributed by atoms with E-state index in [9.17, 15) is 9.59 Å². The highest BCUT2D eigenvalue weighted by Gasteiger charge is 2.47. The van der Waals surface area contributed by atoms with E-state index in [1.54, 1.807) is 0 Å². The van der Waals surface area contributed by atoms with Crippen molar-refractivity contribution in [1.82, 2.24) is 9.80 Å². The van der Waals surface area contributed by atoms with E-state index in [1.165, 1.54) is 0 Å². The third kappa shape index (κ3) is 3.64. The minimum atomic E-state index is -0.0907. The van der Waals surface area contributed by atoms with Crippen molar-refractivity contribution in [3.63, 3.8) is 0 Å². The van der Waals surface area contributed by atoms with Crippen LogP contribution in [0.1, 0.15) is 51.5 Å². The van der Waals surface area contributed by atoms with E-state index in [0.717, 1.165) is 50.2 Å². The monoisotopic (exact) mass is 374 g/mol. The summed E-state index contributed by atoms with van der Waals surface area (Å²) in [7, 11) is 0. The average molecular weight is 375 g/mol. The predicted molar refractivity (Wildman–Crippen MR) is 107 cm³/mol. The smallest absolute Gasteiger partial charge is 0.230 e. The summed E-state index contributed by atoms with van der Waals surface area (Å²) < 4.78 is 0. The van der Waals surface area contributed by atoms with E-state index in [0.29, 0.717) is 0 Å². The van der Waals surface area contributed by atoms with Gasteiger partial charge < -0.3 is 9.80 Å². The molecule has 0 radical (unpaired) electrons. The highest BCUT2D eigenvalue weighted by molar-refractivity contribution is 8.00. The van der Waals surface area contributed by atoms with Gasteiger partial charge in [0.05, 0.1) is 10.8 Å². The quantitative estimate of drug-likeness (QED) is 0.806. The summed E-state index contributed by atoms with van der Waals surface area (Å²) >= 11 is 1.91. The van der Waals surface area contributed by atoms with Crippen molar-refractivity contribution in [3.8, 4) is 0 Å². The van der Waals surface area contributed by atoms with Gasteiger partial charge in [-0.05, 0) is 24.8 Å². The van der Waals surface area contributed by atoms with E-state index in [1.807, 2.05) is 60.8 Å². The molecule has 0 N–H and O–H groups in total. The summed E-state index contributed by atoms with van der Waals surface area (Å²) in [6.07, 6.45) is 2.58. The lowest BCUT2D eigenvalue weighted by Gasteiger charge is -2.45. The normalized spacial score (nSPS) is 20.6. The van der Waals surface area contributed by atoms with Crippen LogP contribution >= 0.6 is 11.8 Å². The second-order valence-corrected chi connectivity index (χ2v) is 9.09. The molecule has 0 bridgehead atoms. The summed E-state index contributed by atoms with van der Waals surface area (Å²) in [5.74, 6) is 1.47. The molecule has 26 heavy (non-hydrogen) atoms. The molecule has 4 nitrogen and oxygen atoms in total. The molecule has 1 spiro atoms. The molecule has 1 aromatic carbocycles. The fourth-order valence-electron chi connectivity index (χ4n) is 4.18. The molecule has 1 aromatic rings. The van der Waals surface area contributed by atoms with Crippen molar-refractivity contribution in [3.05, 3.63) is 35.9 Å². The topological polar surface area (TPSA) is 40.6 Å². The highest BCUT2D eigenvalue weighted by atomic mass is 32.2. The van der Waals surface area contributed by atoms with Crippen LogP contribution in [0.5, 0.6) is 0 Å². The number of rotatable bonds is 4. The number of carbonyl (C=O) groups excluding carboxylic acids is 2. The van der Waals surface area contributed by atoms with E-state index in [-0.39, 0.29) is 28.5 Å². The molecule has 2 amide bonds. The maximum Gasteiger partial charge on any atom is 0.230 e. The number of likely N-dealkylation sites (tertiary alicyclic amines) is 1. The summed E-state index contributed by atoms with van der Waals surface area (Å²) in [6.45, 7) is 8.37. The van der Waals surface area contributed by atoms with Gasteiger partial charge in [0.25, 0.3) is 0 Å². The Hall–Kier alpha value is -1.49. The third-order valence-corrected chi connectivity index (χ3v) is 7.25. The van der Waals surface area contributed by atoms with Crippen molar-refractivity contribution in [2.45, 2.75) is 50.8 Å². The number of amides is 2. The highest BCUT2D eigenvalue weighted by Crippen LogP contribution is 2.44. The van der Waals surface area contributed by atoms with Crippen molar-refractivity contribution in [1.29, 1.82) is 0 Å². The molecular formula is C21H30N2O2S. The fraction of sp³-hybridized carbons (Fsp3) is 0.619. The van der Waals surface area contributed by atoms with Crippen LogP contribution in [0.2, 0.25) is 0 Å². The molecule has 2 fully saturated rings. The van der Waals surface area contributed by atoms with Crippen LogP contribution in [0.25, 0.3) is 0 Å². The molecule has 0 aromatic heterocycles. The maximum atomic E-state index is 13.1. The van der Waals surface area contributed by atoms with Gasteiger partial charge in [-0.2, -0.15) is 0 Å². The Morgan fingerprint density at radius 1 is 1.08 bits per heavy atom. The van der Waals surface area contributed by atoms with Gasteiger partial charge in [0, 0.05) is 31.3 Å². The molecule has 5 heteroatoms.